The van der Waals surface area contributed by atoms with Crippen molar-refractivity contribution in [1.82, 2.24) is 4.90 Å². The van der Waals surface area contributed by atoms with Crippen molar-refractivity contribution in [2.24, 2.45) is 11.7 Å². The fraction of sp³-hybridized carbons (Fsp3) is 0.647. The van der Waals surface area contributed by atoms with Crippen molar-refractivity contribution in [1.29, 1.82) is 0 Å². The van der Waals surface area contributed by atoms with Crippen molar-refractivity contribution in [3.05, 3.63) is 35.9 Å². The minimum atomic E-state index is 0.295. The van der Waals surface area contributed by atoms with E-state index >= 15 is 0 Å². The van der Waals surface area contributed by atoms with E-state index < -0.39 is 0 Å². The van der Waals surface area contributed by atoms with Crippen LogP contribution in [0.25, 0.3) is 0 Å². The molecule has 1 saturated heterocycles. The zero-order valence-corrected chi connectivity index (χ0v) is 12.0. The summed E-state index contributed by atoms with van der Waals surface area (Å²) in [6.07, 6.45) is 5.29. The summed E-state index contributed by atoms with van der Waals surface area (Å²) in [4.78, 5) is 2.71. The van der Waals surface area contributed by atoms with Crippen LogP contribution in [-0.2, 0) is 0 Å². The number of rotatable bonds is 3. The lowest BCUT2D eigenvalue weighted by Crippen LogP contribution is -2.54. The first-order valence-corrected chi connectivity index (χ1v) is 7.76. The predicted molar refractivity (Wildman–Crippen MR) is 80.2 cm³/mol. The van der Waals surface area contributed by atoms with Gasteiger partial charge in [0.25, 0.3) is 0 Å². The molecular formula is C17H26N2. The summed E-state index contributed by atoms with van der Waals surface area (Å²) in [5.74, 6) is 1.46. The molecular weight excluding hydrogens is 232 g/mol. The molecule has 0 amide bonds. The number of likely N-dealkylation sites (tertiary alicyclic amines) is 1. The van der Waals surface area contributed by atoms with Gasteiger partial charge in [-0.2, -0.15) is 0 Å². The SMILES string of the molecule is CC1CCCC1(CN)N1CCC(c2ccccc2)C1. The lowest BCUT2D eigenvalue weighted by atomic mass is 9.86. The zero-order valence-electron chi connectivity index (χ0n) is 12.0. The Hall–Kier alpha value is -0.860. The van der Waals surface area contributed by atoms with E-state index in [1.54, 1.807) is 0 Å². The molecule has 0 spiro atoms. The molecule has 1 heterocycles. The summed E-state index contributed by atoms with van der Waals surface area (Å²) in [5, 5.41) is 0. The molecule has 2 N–H and O–H groups in total. The molecule has 19 heavy (non-hydrogen) atoms. The molecule has 0 radical (unpaired) electrons. The fourth-order valence-electron chi connectivity index (χ4n) is 4.29. The summed E-state index contributed by atoms with van der Waals surface area (Å²) >= 11 is 0. The molecule has 1 aromatic carbocycles. The topological polar surface area (TPSA) is 29.3 Å². The van der Waals surface area contributed by atoms with Crippen molar-refractivity contribution < 1.29 is 0 Å². The zero-order chi connectivity index (χ0) is 13.3. The average molecular weight is 258 g/mol. The second-order valence-corrected chi connectivity index (χ2v) is 6.44. The number of hydrogen-bond acceptors (Lipinski definition) is 2. The minimum Gasteiger partial charge on any atom is -0.329 e. The summed E-state index contributed by atoms with van der Waals surface area (Å²) in [6.45, 7) is 5.65. The summed E-state index contributed by atoms with van der Waals surface area (Å²) in [7, 11) is 0. The lowest BCUT2D eigenvalue weighted by Gasteiger charge is -2.42. The molecule has 1 aliphatic carbocycles. The van der Waals surface area contributed by atoms with E-state index in [2.05, 4.69) is 42.2 Å². The number of benzene rings is 1. The molecule has 0 bridgehead atoms. The molecule has 0 aromatic heterocycles. The fourth-order valence-corrected chi connectivity index (χ4v) is 4.29. The number of nitrogens with zero attached hydrogens (tertiary/aromatic N) is 1. The summed E-state index contributed by atoms with van der Waals surface area (Å²) in [6, 6.07) is 11.0. The number of nitrogens with two attached hydrogens (primary N) is 1. The van der Waals surface area contributed by atoms with Crippen LogP contribution in [0.15, 0.2) is 30.3 Å². The molecule has 1 aromatic rings. The Morgan fingerprint density at radius 2 is 2.05 bits per heavy atom. The average Bonchev–Trinajstić information content (AvgIpc) is 3.07. The molecule has 2 fully saturated rings. The van der Waals surface area contributed by atoms with E-state index in [4.69, 9.17) is 5.73 Å². The van der Waals surface area contributed by atoms with Crippen LogP contribution in [0.3, 0.4) is 0 Å². The van der Waals surface area contributed by atoms with Crippen LogP contribution in [0, 0.1) is 5.92 Å². The molecule has 1 saturated carbocycles. The molecule has 1 aliphatic heterocycles. The summed E-state index contributed by atoms with van der Waals surface area (Å²) in [5.41, 5.74) is 7.98. The van der Waals surface area contributed by atoms with E-state index in [0.29, 0.717) is 11.5 Å². The standard InChI is InChI=1S/C17H26N2/c1-14-6-5-10-17(14,13-18)19-11-9-16(12-19)15-7-3-2-4-8-15/h2-4,7-8,14,16H,5-6,9-13,18H2,1H3. The monoisotopic (exact) mass is 258 g/mol. The Bertz CT molecular complexity index is 417. The van der Waals surface area contributed by atoms with E-state index in [-0.39, 0.29) is 0 Å². The molecule has 2 nitrogen and oxygen atoms in total. The Balaban J connectivity index is 1.75. The third-order valence-electron chi connectivity index (χ3n) is 5.61. The van der Waals surface area contributed by atoms with Gasteiger partial charge in [-0.05, 0) is 43.2 Å². The lowest BCUT2D eigenvalue weighted by molar-refractivity contribution is 0.0881. The van der Waals surface area contributed by atoms with Gasteiger partial charge in [-0.1, -0.05) is 43.7 Å². The second-order valence-electron chi connectivity index (χ2n) is 6.44. The summed E-state index contributed by atoms with van der Waals surface area (Å²) < 4.78 is 0. The van der Waals surface area contributed by atoms with Gasteiger partial charge >= 0.3 is 0 Å². The Morgan fingerprint density at radius 3 is 2.68 bits per heavy atom. The first-order chi connectivity index (χ1) is 9.26. The van der Waals surface area contributed by atoms with Gasteiger partial charge in [0.15, 0.2) is 0 Å². The Labute approximate surface area is 117 Å². The largest absolute Gasteiger partial charge is 0.329 e. The molecule has 3 unspecified atom stereocenters. The minimum absolute atomic E-state index is 0.295. The number of hydrogen-bond donors (Lipinski definition) is 1. The molecule has 3 atom stereocenters. The highest BCUT2D eigenvalue weighted by atomic mass is 15.2. The molecule has 2 heteroatoms. The van der Waals surface area contributed by atoms with Crippen LogP contribution in [0.1, 0.15) is 44.1 Å². The van der Waals surface area contributed by atoms with Crippen molar-refractivity contribution in [3.63, 3.8) is 0 Å². The van der Waals surface area contributed by atoms with Gasteiger partial charge in [0, 0.05) is 18.6 Å². The third-order valence-corrected chi connectivity index (χ3v) is 5.61. The van der Waals surface area contributed by atoms with Crippen molar-refractivity contribution in [2.45, 2.75) is 44.1 Å². The van der Waals surface area contributed by atoms with Crippen LogP contribution in [0.4, 0.5) is 0 Å². The van der Waals surface area contributed by atoms with Crippen molar-refractivity contribution >= 4 is 0 Å². The van der Waals surface area contributed by atoms with E-state index in [1.165, 1.54) is 44.3 Å². The normalized spacial score (nSPS) is 35.9. The van der Waals surface area contributed by atoms with Gasteiger partial charge in [0.1, 0.15) is 0 Å². The maximum absolute atomic E-state index is 6.18. The molecule has 104 valence electrons. The Kier molecular flexibility index (Phi) is 3.64. The smallest absolute Gasteiger partial charge is 0.0357 e. The van der Waals surface area contributed by atoms with Crippen LogP contribution >= 0.6 is 0 Å². The van der Waals surface area contributed by atoms with Gasteiger partial charge in [-0.3, -0.25) is 4.90 Å². The molecule has 2 aliphatic rings. The van der Waals surface area contributed by atoms with Crippen molar-refractivity contribution in [3.8, 4) is 0 Å². The third kappa shape index (κ3) is 2.21. The van der Waals surface area contributed by atoms with Gasteiger partial charge in [0.2, 0.25) is 0 Å². The van der Waals surface area contributed by atoms with Crippen LogP contribution in [-0.4, -0.2) is 30.1 Å². The van der Waals surface area contributed by atoms with Gasteiger partial charge in [-0.15, -0.1) is 0 Å². The highest BCUT2D eigenvalue weighted by Gasteiger charge is 2.46. The predicted octanol–water partition coefficient (Wildman–Crippen LogP) is 2.99. The van der Waals surface area contributed by atoms with Gasteiger partial charge in [0.05, 0.1) is 0 Å². The maximum atomic E-state index is 6.18. The van der Waals surface area contributed by atoms with Crippen molar-refractivity contribution in [2.75, 3.05) is 19.6 Å². The maximum Gasteiger partial charge on any atom is 0.0357 e. The van der Waals surface area contributed by atoms with Gasteiger partial charge < -0.3 is 5.73 Å². The Morgan fingerprint density at radius 1 is 1.26 bits per heavy atom. The van der Waals surface area contributed by atoms with Crippen LogP contribution in [0.5, 0.6) is 0 Å². The van der Waals surface area contributed by atoms with E-state index in [9.17, 15) is 0 Å². The van der Waals surface area contributed by atoms with Crippen LogP contribution < -0.4 is 5.73 Å². The van der Waals surface area contributed by atoms with Gasteiger partial charge in [-0.25, -0.2) is 0 Å². The first-order valence-electron chi connectivity index (χ1n) is 7.76. The highest BCUT2D eigenvalue weighted by Crippen LogP contribution is 2.43. The quantitative estimate of drug-likeness (QED) is 0.903. The molecule has 3 rings (SSSR count). The van der Waals surface area contributed by atoms with E-state index in [1.807, 2.05) is 0 Å². The highest BCUT2D eigenvalue weighted by molar-refractivity contribution is 5.22. The first kappa shape index (κ1) is 13.1. The van der Waals surface area contributed by atoms with E-state index in [0.717, 1.165) is 12.5 Å². The van der Waals surface area contributed by atoms with Crippen LogP contribution in [0.2, 0.25) is 0 Å². The second kappa shape index (κ2) is 5.26.